The van der Waals surface area contributed by atoms with Gasteiger partial charge in [0.1, 0.15) is 12.6 Å². The molecule has 1 heterocycles. The molecule has 2 amide bonds. The van der Waals surface area contributed by atoms with Gasteiger partial charge in [-0.25, -0.2) is 9.59 Å². The normalized spacial score (nSPS) is 19.5. The lowest BCUT2D eigenvalue weighted by atomic mass is 9.98. The van der Waals surface area contributed by atoms with Gasteiger partial charge in [0, 0.05) is 12.5 Å². The number of rotatable bonds is 9. The van der Waals surface area contributed by atoms with Crippen LogP contribution in [0, 0.1) is 0 Å². The van der Waals surface area contributed by atoms with E-state index in [4.69, 9.17) is 9.47 Å². The summed E-state index contributed by atoms with van der Waals surface area (Å²) in [4.78, 5) is 36.7. The number of allylic oxidation sites excluding steroid dienone is 1. The molecule has 2 aromatic carbocycles. The molecule has 8 nitrogen and oxygen atoms in total. The Morgan fingerprint density at radius 3 is 2.38 bits per heavy atom. The van der Waals surface area contributed by atoms with Crippen molar-refractivity contribution >= 4 is 18.0 Å². The van der Waals surface area contributed by atoms with Crippen molar-refractivity contribution in [3.05, 3.63) is 72.3 Å². The van der Waals surface area contributed by atoms with Crippen molar-refractivity contribution in [3.8, 4) is 11.1 Å². The molecule has 2 aromatic rings. The Morgan fingerprint density at radius 2 is 1.76 bits per heavy atom. The summed E-state index contributed by atoms with van der Waals surface area (Å²) < 4.78 is 11.0. The third kappa shape index (κ3) is 4.97. The van der Waals surface area contributed by atoms with E-state index in [1.54, 1.807) is 6.08 Å². The van der Waals surface area contributed by atoms with Crippen molar-refractivity contribution in [1.29, 1.82) is 0 Å². The molecule has 2 aliphatic rings. The molecule has 1 fully saturated rings. The van der Waals surface area contributed by atoms with Crippen LogP contribution in [0.25, 0.3) is 11.1 Å². The summed E-state index contributed by atoms with van der Waals surface area (Å²) >= 11 is 0. The second-order valence-electron chi connectivity index (χ2n) is 8.42. The predicted molar refractivity (Wildman–Crippen MR) is 125 cm³/mol. The van der Waals surface area contributed by atoms with E-state index in [9.17, 15) is 19.5 Å². The van der Waals surface area contributed by atoms with Gasteiger partial charge in [-0.1, -0.05) is 54.6 Å². The van der Waals surface area contributed by atoms with Crippen molar-refractivity contribution in [3.63, 3.8) is 0 Å². The summed E-state index contributed by atoms with van der Waals surface area (Å²) in [7, 11) is 0. The third-order valence-corrected chi connectivity index (χ3v) is 6.27. The molecule has 34 heavy (non-hydrogen) atoms. The van der Waals surface area contributed by atoms with Crippen LogP contribution >= 0.6 is 0 Å². The number of fused-ring (bicyclic) bond motifs is 3. The number of carbonyl (C=O) groups excluding carboxylic acids is 2. The van der Waals surface area contributed by atoms with Crippen molar-refractivity contribution in [2.75, 3.05) is 13.2 Å². The maximum atomic E-state index is 12.6. The summed E-state index contributed by atoms with van der Waals surface area (Å²) in [5.74, 6) is -1.77. The fourth-order valence-electron chi connectivity index (χ4n) is 4.58. The SMILES string of the molecule is C=CCCC(NC(=O)[C@H]1OCC[C@H]1NC(=O)OCC1c2ccccc2-c2ccccc21)C(=O)O. The Morgan fingerprint density at radius 1 is 1.12 bits per heavy atom. The molecule has 0 radical (unpaired) electrons. The van der Waals surface area contributed by atoms with E-state index >= 15 is 0 Å². The fourth-order valence-corrected chi connectivity index (χ4v) is 4.58. The first-order valence-corrected chi connectivity index (χ1v) is 11.4. The number of carbonyl (C=O) groups is 3. The molecule has 4 rings (SSSR count). The Hall–Kier alpha value is -3.65. The summed E-state index contributed by atoms with van der Waals surface area (Å²) in [6, 6.07) is 14.5. The van der Waals surface area contributed by atoms with Gasteiger partial charge in [0.25, 0.3) is 5.91 Å². The molecule has 1 saturated heterocycles. The first-order chi connectivity index (χ1) is 16.5. The van der Waals surface area contributed by atoms with Crippen LogP contribution in [0.15, 0.2) is 61.2 Å². The number of ether oxygens (including phenoxy) is 2. The van der Waals surface area contributed by atoms with Crippen molar-refractivity contribution < 1.29 is 29.0 Å². The number of amides is 2. The zero-order chi connectivity index (χ0) is 24.1. The number of hydrogen-bond acceptors (Lipinski definition) is 5. The smallest absolute Gasteiger partial charge is 0.407 e. The van der Waals surface area contributed by atoms with Gasteiger partial charge >= 0.3 is 12.1 Å². The van der Waals surface area contributed by atoms with Gasteiger partial charge in [0.05, 0.1) is 6.04 Å². The van der Waals surface area contributed by atoms with Gasteiger partial charge in [-0.05, 0) is 41.5 Å². The van der Waals surface area contributed by atoms with Crippen LogP contribution in [0.5, 0.6) is 0 Å². The van der Waals surface area contributed by atoms with Gasteiger partial charge in [-0.15, -0.1) is 6.58 Å². The molecule has 0 bridgehead atoms. The fraction of sp³-hybridized carbons (Fsp3) is 0.346. The lowest BCUT2D eigenvalue weighted by Crippen LogP contribution is -2.52. The van der Waals surface area contributed by atoms with E-state index in [2.05, 4.69) is 29.3 Å². The molecule has 178 valence electrons. The van der Waals surface area contributed by atoms with Crippen molar-refractivity contribution in [1.82, 2.24) is 10.6 Å². The highest BCUT2D eigenvalue weighted by Gasteiger charge is 2.37. The van der Waals surface area contributed by atoms with Crippen LogP contribution in [-0.4, -0.2) is 54.5 Å². The number of benzene rings is 2. The minimum Gasteiger partial charge on any atom is -0.480 e. The van der Waals surface area contributed by atoms with Gasteiger partial charge in [0.2, 0.25) is 0 Å². The molecule has 3 atom stereocenters. The summed E-state index contributed by atoms with van der Waals surface area (Å²) in [6.45, 7) is 4.01. The number of nitrogens with one attached hydrogen (secondary N) is 2. The highest BCUT2D eigenvalue weighted by Crippen LogP contribution is 2.44. The molecular formula is C26H28N2O6. The molecule has 0 spiro atoms. The number of hydrogen-bond donors (Lipinski definition) is 3. The highest BCUT2D eigenvalue weighted by atomic mass is 16.6. The van der Waals surface area contributed by atoms with E-state index in [0.717, 1.165) is 22.3 Å². The summed E-state index contributed by atoms with van der Waals surface area (Å²) in [5, 5.41) is 14.5. The highest BCUT2D eigenvalue weighted by molar-refractivity contribution is 5.87. The van der Waals surface area contributed by atoms with Gasteiger partial charge in [0.15, 0.2) is 6.10 Å². The lowest BCUT2D eigenvalue weighted by molar-refractivity contribution is -0.144. The molecule has 3 N–H and O–H groups in total. The Balaban J connectivity index is 1.35. The van der Waals surface area contributed by atoms with E-state index in [1.165, 1.54) is 0 Å². The molecule has 0 aromatic heterocycles. The average Bonchev–Trinajstić information content (AvgIpc) is 3.42. The minimum atomic E-state index is -1.13. The first kappa shape index (κ1) is 23.5. The number of aliphatic carboxylic acids is 1. The standard InChI is InChI=1S/C26H28N2O6/c1-2-3-12-22(25(30)31)27-24(29)23-21(13-14-33-23)28-26(32)34-15-20-18-10-6-4-8-16(18)17-9-5-7-11-19(17)20/h2,4-11,20-23H,1,3,12-15H2,(H,27,29)(H,28,32)(H,30,31)/t21-,22?,23+/m1/s1. The van der Waals surface area contributed by atoms with Gasteiger partial charge in [-0.3, -0.25) is 4.79 Å². The maximum Gasteiger partial charge on any atom is 0.407 e. The van der Waals surface area contributed by atoms with Crippen LogP contribution in [0.1, 0.15) is 36.3 Å². The van der Waals surface area contributed by atoms with Gasteiger partial charge < -0.3 is 25.2 Å². The maximum absolute atomic E-state index is 12.6. The average molecular weight is 465 g/mol. The second-order valence-corrected chi connectivity index (χ2v) is 8.42. The Kier molecular flexibility index (Phi) is 7.27. The van der Waals surface area contributed by atoms with E-state index < -0.39 is 36.2 Å². The Labute approximate surface area is 198 Å². The summed E-state index contributed by atoms with van der Waals surface area (Å²) in [5.41, 5.74) is 4.49. The first-order valence-electron chi connectivity index (χ1n) is 11.4. The monoisotopic (exact) mass is 464 g/mol. The third-order valence-electron chi connectivity index (χ3n) is 6.27. The largest absolute Gasteiger partial charge is 0.480 e. The van der Waals surface area contributed by atoms with Gasteiger partial charge in [-0.2, -0.15) is 0 Å². The predicted octanol–water partition coefficient (Wildman–Crippen LogP) is 3.22. The molecule has 8 heteroatoms. The zero-order valence-corrected chi connectivity index (χ0v) is 18.7. The minimum absolute atomic E-state index is 0.0711. The molecule has 1 unspecified atom stereocenters. The molecule has 1 aliphatic heterocycles. The van der Waals surface area contributed by atoms with Crippen molar-refractivity contribution in [2.24, 2.45) is 0 Å². The van der Waals surface area contributed by atoms with E-state index in [-0.39, 0.29) is 25.6 Å². The number of alkyl carbamates (subject to hydrolysis) is 1. The van der Waals surface area contributed by atoms with Crippen LogP contribution in [0.3, 0.4) is 0 Å². The molecule has 1 aliphatic carbocycles. The lowest BCUT2D eigenvalue weighted by Gasteiger charge is -2.22. The number of carboxylic acid groups (broad SMARTS) is 1. The van der Waals surface area contributed by atoms with Crippen LogP contribution in [-0.2, 0) is 19.1 Å². The van der Waals surface area contributed by atoms with Crippen molar-refractivity contribution in [2.45, 2.75) is 43.4 Å². The van der Waals surface area contributed by atoms with Crippen LogP contribution in [0.2, 0.25) is 0 Å². The Bertz CT molecular complexity index is 1040. The molecular weight excluding hydrogens is 436 g/mol. The number of carboxylic acids is 1. The van der Waals surface area contributed by atoms with E-state index in [0.29, 0.717) is 12.8 Å². The quantitative estimate of drug-likeness (QED) is 0.491. The second kappa shape index (κ2) is 10.5. The summed E-state index contributed by atoms with van der Waals surface area (Å²) in [6.07, 6.45) is 1.07. The van der Waals surface area contributed by atoms with E-state index in [1.807, 2.05) is 36.4 Å². The van der Waals surface area contributed by atoms with Crippen LogP contribution in [0.4, 0.5) is 4.79 Å². The topological polar surface area (TPSA) is 114 Å². The zero-order valence-electron chi connectivity index (χ0n) is 18.7. The molecule has 0 saturated carbocycles. The van der Waals surface area contributed by atoms with Crippen LogP contribution < -0.4 is 10.6 Å².